The van der Waals surface area contributed by atoms with E-state index in [0.717, 1.165) is 5.56 Å². The maximum absolute atomic E-state index is 12.0. The first-order chi connectivity index (χ1) is 9.08. The molecule has 1 fully saturated rings. The number of carbonyl (C=O) groups excluding carboxylic acids is 1. The van der Waals surface area contributed by atoms with Gasteiger partial charge in [0.1, 0.15) is 6.04 Å². The van der Waals surface area contributed by atoms with Crippen LogP contribution in [0.15, 0.2) is 24.5 Å². The second-order valence-electron chi connectivity index (χ2n) is 4.65. The van der Waals surface area contributed by atoms with Gasteiger partial charge in [-0.15, -0.1) is 0 Å². The molecule has 1 aromatic heterocycles. The number of amides is 1. The zero-order valence-electron chi connectivity index (χ0n) is 10.4. The summed E-state index contributed by atoms with van der Waals surface area (Å²) in [6.07, 6.45) is 3.44. The topological polar surface area (TPSA) is 90.7 Å². The number of β-amino-alcohol motifs (C(OH)–C–C–N with tert-alkyl or cyclic N) is 1. The van der Waals surface area contributed by atoms with Crippen molar-refractivity contribution in [3.05, 3.63) is 30.1 Å². The average molecular weight is 264 g/mol. The van der Waals surface area contributed by atoms with Gasteiger partial charge in [0.2, 0.25) is 5.91 Å². The van der Waals surface area contributed by atoms with E-state index in [9.17, 15) is 14.7 Å². The van der Waals surface area contributed by atoms with Gasteiger partial charge in [-0.25, -0.2) is 4.79 Å². The van der Waals surface area contributed by atoms with Crippen LogP contribution >= 0.6 is 0 Å². The lowest BCUT2D eigenvalue weighted by molar-refractivity contribution is -0.148. The third kappa shape index (κ3) is 3.29. The molecule has 1 aromatic rings. The molecule has 2 atom stereocenters. The van der Waals surface area contributed by atoms with Gasteiger partial charge in [-0.1, -0.05) is 6.07 Å². The lowest BCUT2D eigenvalue weighted by Crippen LogP contribution is -2.40. The molecule has 0 unspecified atom stereocenters. The van der Waals surface area contributed by atoms with Crippen LogP contribution in [0.5, 0.6) is 0 Å². The Morgan fingerprint density at radius 2 is 2.26 bits per heavy atom. The van der Waals surface area contributed by atoms with Gasteiger partial charge in [0.25, 0.3) is 0 Å². The second kappa shape index (κ2) is 5.79. The number of aromatic nitrogens is 1. The number of aliphatic carboxylic acids is 1. The van der Waals surface area contributed by atoms with E-state index in [2.05, 4.69) is 4.98 Å². The smallest absolute Gasteiger partial charge is 0.326 e. The monoisotopic (exact) mass is 264 g/mol. The summed E-state index contributed by atoms with van der Waals surface area (Å²) in [7, 11) is 0. The molecule has 102 valence electrons. The van der Waals surface area contributed by atoms with Crippen LogP contribution in [-0.2, 0) is 16.0 Å². The standard InChI is InChI=1S/C13H16N2O4/c16-10-6-11(13(18)19)15(8-10)12(17)4-3-9-2-1-5-14-7-9/h1-2,5,7,10-11,16H,3-4,6,8H2,(H,18,19)/t10-,11-/m1/s1. The maximum Gasteiger partial charge on any atom is 0.326 e. The van der Waals surface area contributed by atoms with Gasteiger partial charge in [0.15, 0.2) is 0 Å². The highest BCUT2D eigenvalue weighted by Crippen LogP contribution is 2.19. The number of pyridine rings is 1. The molecule has 0 aliphatic carbocycles. The quantitative estimate of drug-likeness (QED) is 0.802. The SMILES string of the molecule is O=C(O)[C@H]1C[C@@H](O)CN1C(=O)CCc1cccnc1. The summed E-state index contributed by atoms with van der Waals surface area (Å²) in [5.74, 6) is -1.31. The van der Waals surface area contributed by atoms with Crippen molar-refractivity contribution in [3.8, 4) is 0 Å². The minimum absolute atomic E-state index is 0.100. The van der Waals surface area contributed by atoms with Crippen molar-refractivity contribution in [3.63, 3.8) is 0 Å². The molecule has 0 spiro atoms. The van der Waals surface area contributed by atoms with E-state index in [1.807, 2.05) is 6.07 Å². The van der Waals surface area contributed by atoms with Gasteiger partial charge in [-0.05, 0) is 18.1 Å². The van der Waals surface area contributed by atoms with E-state index in [-0.39, 0.29) is 25.3 Å². The number of likely N-dealkylation sites (tertiary alicyclic amines) is 1. The number of hydrogen-bond acceptors (Lipinski definition) is 4. The fourth-order valence-electron chi connectivity index (χ4n) is 2.26. The van der Waals surface area contributed by atoms with Crippen molar-refractivity contribution in [2.24, 2.45) is 0 Å². The lowest BCUT2D eigenvalue weighted by Gasteiger charge is -2.21. The molecule has 0 bridgehead atoms. The molecule has 1 saturated heterocycles. The maximum atomic E-state index is 12.0. The molecule has 1 amide bonds. The zero-order chi connectivity index (χ0) is 13.8. The van der Waals surface area contributed by atoms with E-state index in [1.165, 1.54) is 4.90 Å². The largest absolute Gasteiger partial charge is 0.480 e. The van der Waals surface area contributed by atoms with E-state index < -0.39 is 18.1 Å². The summed E-state index contributed by atoms with van der Waals surface area (Å²) in [6, 6.07) is 2.75. The van der Waals surface area contributed by atoms with Crippen molar-refractivity contribution in [1.29, 1.82) is 0 Å². The summed E-state index contributed by atoms with van der Waals surface area (Å²) in [6.45, 7) is 0.100. The Morgan fingerprint density at radius 3 is 2.89 bits per heavy atom. The highest BCUT2D eigenvalue weighted by Gasteiger charge is 2.38. The molecule has 0 radical (unpaired) electrons. The van der Waals surface area contributed by atoms with Gasteiger partial charge in [-0.3, -0.25) is 9.78 Å². The van der Waals surface area contributed by atoms with Crippen molar-refractivity contribution in [2.45, 2.75) is 31.4 Å². The number of carbonyl (C=O) groups is 2. The van der Waals surface area contributed by atoms with Gasteiger partial charge >= 0.3 is 5.97 Å². The highest BCUT2D eigenvalue weighted by molar-refractivity contribution is 5.84. The Kier molecular flexibility index (Phi) is 4.11. The number of aliphatic hydroxyl groups excluding tert-OH is 1. The summed E-state index contributed by atoms with van der Waals surface area (Å²) in [4.78, 5) is 28.2. The first kappa shape index (κ1) is 13.5. The minimum atomic E-state index is -1.06. The van der Waals surface area contributed by atoms with Gasteiger partial charge in [0.05, 0.1) is 6.10 Å². The zero-order valence-corrected chi connectivity index (χ0v) is 10.4. The van der Waals surface area contributed by atoms with Gasteiger partial charge in [-0.2, -0.15) is 0 Å². The van der Waals surface area contributed by atoms with Crippen LogP contribution in [-0.4, -0.2) is 50.7 Å². The molecule has 0 saturated carbocycles. The van der Waals surface area contributed by atoms with Crippen LogP contribution in [0.1, 0.15) is 18.4 Å². The Morgan fingerprint density at radius 1 is 1.47 bits per heavy atom. The number of carboxylic acid groups (broad SMARTS) is 1. The number of rotatable bonds is 4. The van der Waals surface area contributed by atoms with Crippen molar-refractivity contribution in [1.82, 2.24) is 9.88 Å². The number of aryl methyl sites for hydroxylation is 1. The van der Waals surface area contributed by atoms with Crippen LogP contribution in [0.25, 0.3) is 0 Å². The van der Waals surface area contributed by atoms with E-state index in [4.69, 9.17) is 5.11 Å². The molecule has 19 heavy (non-hydrogen) atoms. The Labute approximate surface area is 110 Å². The molecular weight excluding hydrogens is 248 g/mol. The molecular formula is C13H16N2O4. The molecule has 6 nitrogen and oxygen atoms in total. The first-order valence-electron chi connectivity index (χ1n) is 6.17. The Bertz CT molecular complexity index is 463. The normalized spacial score (nSPS) is 22.5. The highest BCUT2D eigenvalue weighted by atomic mass is 16.4. The summed E-state index contributed by atoms with van der Waals surface area (Å²) < 4.78 is 0. The first-order valence-corrected chi connectivity index (χ1v) is 6.17. The van der Waals surface area contributed by atoms with Crippen LogP contribution in [0.2, 0.25) is 0 Å². The molecule has 1 aliphatic rings. The minimum Gasteiger partial charge on any atom is -0.480 e. The van der Waals surface area contributed by atoms with E-state index in [1.54, 1.807) is 18.5 Å². The number of aliphatic hydroxyl groups is 1. The molecule has 6 heteroatoms. The fourth-order valence-corrected chi connectivity index (χ4v) is 2.26. The van der Waals surface area contributed by atoms with Crippen LogP contribution < -0.4 is 0 Å². The summed E-state index contributed by atoms with van der Waals surface area (Å²) >= 11 is 0. The Balaban J connectivity index is 1.94. The molecule has 1 aliphatic heterocycles. The third-order valence-electron chi connectivity index (χ3n) is 3.23. The van der Waals surface area contributed by atoms with Gasteiger partial charge in [0, 0.05) is 31.8 Å². The van der Waals surface area contributed by atoms with Gasteiger partial charge < -0.3 is 15.1 Å². The molecule has 2 rings (SSSR count). The van der Waals surface area contributed by atoms with Crippen LogP contribution in [0.3, 0.4) is 0 Å². The second-order valence-corrected chi connectivity index (χ2v) is 4.65. The predicted molar refractivity (Wildman–Crippen MR) is 66.3 cm³/mol. The molecule has 0 aromatic carbocycles. The summed E-state index contributed by atoms with van der Waals surface area (Å²) in [5, 5.41) is 18.5. The average Bonchev–Trinajstić information content (AvgIpc) is 2.79. The van der Waals surface area contributed by atoms with Crippen LogP contribution in [0.4, 0.5) is 0 Å². The van der Waals surface area contributed by atoms with Crippen molar-refractivity contribution in [2.75, 3.05) is 6.54 Å². The Hall–Kier alpha value is -1.95. The predicted octanol–water partition coefficient (Wildman–Crippen LogP) is 0.0606. The summed E-state index contributed by atoms with van der Waals surface area (Å²) in [5.41, 5.74) is 0.933. The molecule has 2 N–H and O–H groups in total. The third-order valence-corrected chi connectivity index (χ3v) is 3.23. The number of nitrogens with zero attached hydrogens (tertiary/aromatic N) is 2. The van der Waals surface area contributed by atoms with Crippen molar-refractivity contribution >= 4 is 11.9 Å². The lowest BCUT2D eigenvalue weighted by atomic mass is 10.1. The number of hydrogen-bond donors (Lipinski definition) is 2. The van der Waals surface area contributed by atoms with Crippen LogP contribution in [0, 0.1) is 0 Å². The van der Waals surface area contributed by atoms with E-state index >= 15 is 0 Å². The van der Waals surface area contributed by atoms with Crippen molar-refractivity contribution < 1.29 is 19.8 Å². The number of carboxylic acids is 1. The fraction of sp³-hybridized carbons (Fsp3) is 0.462. The molecule has 2 heterocycles. The van der Waals surface area contributed by atoms with E-state index in [0.29, 0.717) is 6.42 Å².